The van der Waals surface area contributed by atoms with Gasteiger partial charge in [0.15, 0.2) is 0 Å². The summed E-state index contributed by atoms with van der Waals surface area (Å²) < 4.78 is 13.9. The Morgan fingerprint density at radius 2 is 1.67 bits per heavy atom. The molecule has 0 unspecified atom stereocenters. The summed E-state index contributed by atoms with van der Waals surface area (Å²) in [6.07, 6.45) is 3.25. The van der Waals surface area contributed by atoms with Crippen LogP contribution in [-0.4, -0.2) is 33.1 Å². The van der Waals surface area contributed by atoms with Gasteiger partial charge in [0.05, 0.1) is 17.7 Å². The summed E-state index contributed by atoms with van der Waals surface area (Å²) in [5, 5.41) is 4.11. The first-order valence-corrected chi connectivity index (χ1v) is 7.14. The van der Waals surface area contributed by atoms with E-state index in [0.717, 1.165) is 5.46 Å². The Hall–Kier alpha value is -1.66. The van der Waals surface area contributed by atoms with E-state index in [-0.39, 0.29) is 18.3 Å². The minimum atomic E-state index is -0.310. The molecule has 0 spiro atoms. The van der Waals surface area contributed by atoms with Gasteiger partial charge in [-0.25, -0.2) is 9.67 Å². The number of nitrogens with zero attached hydrogens (tertiary/aromatic N) is 3. The van der Waals surface area contributed by atoms with Gasteiger partial charge in [-0.15, -0.1) is 0 Å². The van der Waals surface area contributed by atoms with Gasteiger partial charge in [-0.05, 0) is 38.7 Å². The molecule has 1 saturated heterocycles. The fraction of sp³-hybridized carbons (Fsp3) is 0.467. The molecule has 2 heterocycles. The highest BCUT2D eigenvalue weighted by Crippen LogP contribution is 2.36. The zero-order valence-electron chi connectivity index (χ0n) is 12.9. The Kier molecular flexibility index (Phi) is 3.38. The maximum absolute atomic E-state index is 6.05. The monoisotopic (exact) mass is 285 g/mol. The minimum absolute atomic E-state index is 0.308. The summed E-state index contributed by atoms with van der Waals surface area (Å²) in [7, 11) is -0.310. The van der Waals surface area contributed by atoms with E-state index < -0.39 is 0 Å². The number of benzene rings is 1. The third-order valence-electron chi connectivity index (χ3n) is 4.32. The molecule has 6 heteroatoms. The molecule has 1 fully saturated rings. The highest BCUT2D eigenvalue weighted by molar-refractivity contribution is 6.62. The molecule has 3 rings (SSSR count). The zero-order chi connectivity index (χ0) is 15.1. The van der Waals surface area contributed by atoms with E-state index >= 15 is 0 Å². The van der Waals surface area contributed by atoms with Crippen molar-refractivity contribution in [1.29, 1.82) is 0 Å². The molecule has 0 N–H and O–H groups in total. The lowest BCUT2D eigenvalue weighted by molar-refractivity contribution is 0.00578. The SMILES string of the molecule is CC1(C)OB(c2ccc(Cn3cncn3)cc2)OC1(C)C. The van der Waals surface area contributed by atoms with Crippen LogP contribution < -0.4 is 5.46 Å². The first kappa shape index (κ1) is 14.3. The van der Waals surface area contributed by atoms with Gasteiger partial charge in [-0.3, -0.25) is 0 Å². The minimum Gasteiger partial charge on any atom is -0.399 e. The van der Waals surface area contributed by atoms with Crippen LogP contribution in [0, 0.1) is 0 Å². The average Bonchev–Trinajstić information content (AvgIpc) is 2.97. The van der Waals surface area contributed by atoms with Crippen molar-refractivity contribution in [1.82, 2.24) is 14.8 Å². The van der Waals surface area contributed by atoms with E-state index in [4.69, 9.17) is 9.31 Å². The highest BCUT2D eigenvalue weighted by atomic mass is 16.7. The van der Waals surface area contributed by atoms with E-state index in [1.807, 2.05) is 0 Å². The van der Waals surface area contributed by atoms with E-state index in [1.54, 1.807) is 17.3 Å². The van der Waals surface area contributed by atoms with Crippen LogP contribution in [-0.2, 0) is 15.9 Å². The molecular weight excluding hydrogens is 265 g/mol. The van der Waals surface area contributed by atoms with Crippen molar-refractivity contribution in [3.8, 4) is 0 Å². The van der Waals surface area contributed by atoms with Gasteiger partial charge in [0.1, 0.15) is 12.7 Å². The van der Waals surface area contributed by atoms with Gasteiger partial charge in [-0.1, -0.05) is 24.3 Å². The van der Waals surface area contributed by atoms with Gasteiger partial charge < -0.3 is 9.31 Å². The third-order valence-corrected chi connectivity index (χ3v) is 4.32. The van der Waals surface area contributed by atoms with Crippen molar-refractivity contribution < 1.29 is 9.31 Å². The fourth-order valence-corrected chi connectivity index (χ4v) is 2.26. The molecular formula is C15H20BN3O2. The predicted octanol–water partition coefficient (Wildman–Crippen LogP) is 1.63. The van der Waals surface area contributed by atoms with Crippen LogP contribution in [0.1, 0.15) is 33.3 Å². The van der Waals surface area contributed by atoms with Gasteiger partial charge >= 0.3 is 7.12 Å². The Labute approximate surface area is 125 Å². The maximum Gasteiger partial charge on any atom is 0.494 e. The molecule has 1 aliphatic rings. The molecule has 0 amide bonds. The largest absolute Gasteiger partial charge is 0.494 e. The van der Waals surface area contributed by atoms with Crippen LogP contribution in [0.4, 0.5) is 0 Å². The molecule has 21 heavy (non-hydrogen) atoms. The second kappa shape index (κ2) is 4.96. The molecule has 0 aliphatic carbocycles. The summed E-state index contributed by atoms with van der Waals surface area (Å²) in [5.74, 6) is 0. The lowest BCUT2D eigenvalue weighted by atomic mass is 9.79. The summed E-state index contributed by atoms with van der Waals surface area (Å²) >= 11 is 0. The maximum atomic E-state index is 6.05. The summed E-state index contributed by atoms with van der Waals surface area (Å²) in [4.78, 5) is 3.94. The fourth-order valence-electron chi connectivity index (χ4n) is 2.26. The van der Waals surface area contributed by atoms with Crippen molar-refractivity contribution in [3.63, 3.8) is 0 Å². The van der Waals surface area contributed by atoms with Crippen molar-refractivity contribution in [2.75, 3.05) is 0 Å². The Bertz CT molecular complexity index is 592. The second-order valence-electron chi connectivity index (χ2n) is 6.42. The number of hydrogen-bond acceptors (Lipinski definition) is 4. The molecule has 2 aromatic rings. The molecule has 0 bridgehead atoms. The average molecular weight is 285 g/mol. The lowest BCUT2D eigenvalue weighted by Gasteiger charge is -2.32. The number of rotatable bonds is 3. The quantitative estimate of drug-likeness (QED) is 0.804. The highest BCUT2D eigenvalue weighted by Gasteiger charge is 2.51. The summed E-state index contributed by atoms with van der Waals surface area (Å²) in [6.45, 7) is 8.96. The van der Waals surface area contributed by atoms with Gasteiger partial charge in [0, 0.05) is 0 Å². The molecule has 0 saturated carbocycles. The van der Waals surface area contributed by atoms with Crippen LogP contribution in [0.3, 0.4) is 0 Å². The first-order chi connectivity index (χ1) is 9.87. The van der Waals surface area contributed by atoms with Crippen molar-refractivity contribution in [2.45, 2.75) is 45.4 Å². The van der Waals surface area contributed by atoms with Crippen molar-refractivity contribution in [2.24, 2.45) is 0 Å². The summed E-state index contributed by atoms with van der Waals surface area (Å²) in [6, 6.07) is 8.24. The van der Waals surface area contributed by atoms with Crippen molar-refractivity contribution >= 4 is 12.6 Å². The van der Waals surface area contributed by atoms with Crippen LogP contribution >= 0.6 is 0 Å². The van der Waals surface area contributed by atoms with E-state index in [0.29, 0.717) is 6.54 Å². The predicted molar refractivity (Wildman–Crippen MR) is 81.3 cm³/mol. The molecule has 0 radical (unpaired) electrons. The Balaban J connectivity index is 1.73. The summed E-state index contributed by atoms with van der Waals surface area (Å²) in [5.41, 5.74) is 1.59. The van der Waals surface area contributed by atoms with Crippen LogP contribution in [0.15, 0.2) is 36.9 Å². The molecule has 5 nitrogen and oxygen atoms in total. The topological polar surface area (TPSA) is 49.2 Å². The molecule has 0 atom stereocenters. The normalized spacial score (nSPS) is 19.9. The number of aromatic nitrogens is 3. The van der Waals surface area contributed by atoms with E-state index in [2.05, 4.69) is 62.0 Å². The van der Waals surface area contributed by atoms with Gasteiger partial charge in [0.2, 0.25) is 0 Å². The van der Waals surface area contributed by atoms with Crippen LogP contribution in [0.25, 0.3) is 0 Å². The van der Waals surface area contributed by atoms with Crippen LogP contribution in [0.5, 0.6) is 0 Å². The second-order valence-corrected chi connectivity index (χ2v) is 6.42. The first-order valence-electron chi connectivity index (χ1n) is 7.14. The molecule has 110 valence electrons. The zero-order valence-corrected chi connectivity index (χ0v) is 12.9. The van der Waals surface area contributed by atoms with Crippen molar-refractivity contribution in [3.05, 3.63) is 42.5 Å². The van der Waals surface area contributed by atoms with Crippen LogP contribution in [0.2, 0.25) is 0 Å². The Morgan fingerprint density at radius 1 is 1.05 bits per heavy atom. The smallest absolute Gasteiger partial charge is 0.399 e. The van der Waals surface area contributed by atoms with Gasteiger partial charge in [-0.2, -0.15) is 5.10 Å². The molecule has 1 aromatic heterocycles. The molecule has 1 aliphatic heterocycles. The molecule has 1 aromatic carbocycles. The standard InChI is InChI=1S/C15H20BN3O2/c1-14(2)15(3,4)21-16(20-14)13-7-5-12(6-8-13)9-19-11-17-10-18-19/h5-8,10-11H,9H2,1-4H3. The number of hydrogen-bond donors (Lipinski definition) is 0. The van der Waals surface area contributed by atoms with Gasteiger partial charge in [0.25, 0.3) is 0 Å². The Morgan fingerprint density at radius 3 is 2.19 bits per heavy atom. The van der Waals surface area contributed by atoms with E-state index in [1.165, 1.54) is 5.56 Å². The van der Waals surface area contributed by atoms with E-state index in [9.17, 15) is 0 Å². The third kappa shape index (κ3) is 2.73. The lowest BCUT2D eigenvalue weighted by Crippen LogP contribution is -2.41.